The Bertz CT molecular complexity index is 1490. The van der Waals surface area contributed by atoms with Crippen molar-refractivity contribution in [1.82, 2.24) is 9.96 Å². The number of likely N-dealkylation sites (N-methyl/N-ethyl adjacent to an activating group) is 1. The molecule has 47 heavy (non-hydrogen) atoms. The summed E-state index contributed by atoms with van der Waals surface area (Å²) in [4.78, 5) is 34.1. The van der Waals surface area contributed by atoms with Crippen LogP contribution in [0.2, 0.25) is 0 Å². The molecule has 0 radical (unpaired) electrons. The molecule has 2 fully saturated rings. The monoisotopic (exact) mass is 669 g/mol. The Hall–Kier alpha value is -3.38. The fourth-order valence-electron chi connectivity index (χ4n) is 6.40. The van der Waals surface area contributed by atoms with Crippen LogP contribution in [0.15, 0.2) is 76.9 Å². The minimum atomic E-state index is -1.75. The standard InChI is InChI=1S/C34H44N3O9P/c1-24-31(33(38)44-19-16-35(3)21-26-10-5-4-6-11-26)34(45-22-29-14-8-17-42-29,27-12-7-13-28(20-27)37(39)40)32(47-41)25(2)36(24)46-23-30-15-9-18-43-30/h4-7,10-13,20,29-30H,8-9,14-19,21-23,47H2,1-3H3. The van der Waals surface area contributed by atoms with E-state index in [4.69, 9.17) is 23.8 Å². The van der Waals surface area contributed by atoms with E-state index < -0.39 is 25.0 Å². The van der Waals surface area contributed by atoms with Gasteiger partial charge in [-0.15, -0.1) is 0 Å². The second-order valence-electron chi connectivity index (χ2n) is 12.1. The van der Waals surface area contributed by atoms with Crippen molar-refractivity contribution in [2.75, 3.05) is 46.6 Å². The van der Waals surface area contributed by atoms with Gasteiger partial charge in [0.15, 0.2) is 5.60 Å². The number of nitro benzene ring substituents is 1. The Labute approximate surface area is 276 Å². The van der Waals surface area contributed by atoms with Crippen molar-refractivity contribution >= 4 is 20.1 Å². The molecule has 0 saturated carbocycles. The third-order valence-corrected chi connectivity index (χ3v) is 9.86. The summed E-state index contributed by atoms with van der Waals surface area (Å²) in [6.07, 6.45) is 3.00. The number of nitrogens with zero attached hydrogens (tertiary/aromatic N) is 3. The van der Waals surface area contributed by atoms with Gasteiger partial charge in [0.2, 0.25) is 0 Å². The van der Waals surface area contributed by atoms with Crippen molar-refractivity contribution in [3.8, 4) is 0 Å². The molecule has 2 aromatic carbocycles. The Morgan fingerprint density at radius 3 is 2.38 bits per heavy atom. The van der Waals surface area contributed by atoms with Gasteiger partial charge in [-0.1, -0.05) is 42.5 Å². The number of rotatable bonds is 15. The highest BCUT2D eigenvalue weighted by Crippen LogP contribution is 2.53. The number of hydrogen-bond donors (Lipinski definition) is 0. The molecule has 13 heteroatoms. The van der Waals surface area contributed by atoms with Gasteiger partial charge in [0.25, 0.3) is 5.69 Å². The summed E-state index contributed by atoms with van der Waals surface area (Å²) in [5.74, 6) is -0.696. The summed E-state index contributed by atoms with van der Waals surface area (Å²) in [6, 6.07) is 15.9. The summed E-state index contributed by atoms with van der Waals surface area (Å²) in [6.45, 7) is 6.17. The lowest BCUT2D eigenvalue weighted by atomic mass is 9.80. The fraction of sp³-hybridized carbons (Fsp3) is 0.500. The van der Waals surface area contributed by atoms with Crippen LogP contribution in [0.5, 0.6) is 0 Å². The second-order valence-corrected chi connectivity index (χ2v) is 12.9. The van der Waals surface area contributed by atoms with Gasteiger partial charge in [-0.3, -0.25) is 19.9 Å². The Kier molecular flexibility index (Phi) is 12.0. The SMILES string of the molecule is CC1=C([PH2]=O)C(OCC2CCCO2)(c2cccc([N+](=O)[O-])c2)C(C(=O)OCCN(C)Cc2ccccc2)=C(C)N1OCC1CCCO1. The van der Waals surface area contributed by atoms with Crippen molar-refractivity contribution in [3.05, 3.63) is 98.1 Å². The normalized spacial score (nSPS) is 23.4. The molecule has 0 spiro atoms. The molecular formula is C34H44N3O9P. The van der Waals surface area contributed by atoms with Gasteiger partial charge in [0.1, 0.15) is 13.2 Å². The number of carbonyl (C=O) groups excluding carboxylic acids is 1. The third kappa shape index (κ3) is 8.02. The van der Waals surface area contributed by atoms with Gasteiger partial charge >= 0.3 is 5.97 Å². The smallest absolute Gasteiger partial charge is 0.339 e. The third-order valence-electron chi connectivity index (χ3n) is 8.80. The molecule has 0 bridgehead atoms. The van der Waals surface area contributed by atoms with Gasteiger partial charge in [-0.25, -0.2) is 9.86 Å². The van der Waals surface area contributed by atoms with Crippen LogP contribution in [0.3, 0.4) is 0 Å². The molecular weight excluding hydrogens is 625 g/mol. The van der Waals surface area contributed by atoms with Crippen LogP contribution in [-0.4, -0.2) is 79.7 Å². The van der Waals surface area contributed by atoms with E-state index >= 15 is 0 Å². The first-order valence-electron chi connectivity index (χ1n) is 16.1. The Morgan fingerprint density at radius 2 is 1.74 bits per heavy atom. The van der Waals surface area contributed by atoms with Gasteiger partial charge in [0.05, 0.1) is 49.2 Å². The topological polar surface area (TPSA) is 130 Å². The molecule has 3 aliphatic rings. The summed E-state index contributed by atoms with van der Waals surface area (Å²) >= 11 is 0. The maximum atomic E-state index is 14.4. The van der Waals surface area contributed by atoms with E-state index in [1.165, 1.54) is 23.3 Å². The van der Waals surface area contributed by atoms with Crippen molar-refractivity contribution in [3.63, 3.8) is 0 Å². The average Bonchev–Trinajstić information content (AvgIpc) is 3.79. The summed E-state index contributed by atoms with van der Waals surface area (Å²) in [5.41, 5.74) is 0.390. The molecule has 0 aliphatic carbocycles. The van der Waals surface area contributed by atoms with Gasteiger partial charge in [-0.2, -0.15) is 0 Å². The van der Waals surface area contributed by atoms with Crippen LogP contribution in [0.25, 0.3) is 0 Å². The minimum Gasteiger partial charge on any atom is -0.461 e. The van der Waals surface area contributed by atoms with E-state index in [2.05, 4.69) is 0 Å². The number of hydrogen-bond acceptors (Lipinski definition) is 11. The van der Waals surface area contributed by atoms with Crippen LogP contribution >= 0.6 is 8.46 Å². The predicted molar refractivity (Wildman–Crippen MR) is 176 cm³/mol. The molecule has 0 amide bonds. The fourth-order valence-corrected chi connectivity index (χ4v) is 7.25. The molecule has 0 aromatic heterocycles. The van der Waals surface area contributed by atoms with Crippen LogP contribution in [0.1, 0.15) is 50.7 Å². The van der Waals surface area contributed by atoms with Crippen LogP contribution in [0.4, 0.5) is 5.69 Å². The minimum absolute atomic E-state index is 0.0537. The highest BCUT2D eigenvalue weighted by Gasteiger charge is 2.52. The quantitative estimate of drug-likeness (QED) is 0.105. The Balaban J connectivity index is 1.53. The largest absolute Gasteiger partial charge is 0.461 e. The molecule has 0 N–H and O–H groups in total. The van der Waals surface area contributed by atoms with Crippen molar-refractivity contribution in [1.29, 1.82) is 0 Å². The lowest BCUT2D eigenvalue weighted by Crippen LogP contribution is -2.46. The van der Waals surface area contributed by atoms with Crippen LogP contribution < -0.4 is 0 Å². The van der Waals surface area contributed by atoms with Gasteiger partial charge < -0.3 is 23.5 Å². The molecule has 2 aromatic rings. The number of non-ortho nitro benzene ring substituents is 1. The molecule has 5 rings (SSSR count). The molecule has 2 saturated heterocycles. The van der Waals surface area contributed by atoms with Crippen LogP contribution in [0, 0.1) is 10.1 Å². The molecule has 12 nitrogen and oxygen atoms in total. The zero-order valence-electron chi connectivity index (χ0n) is 27.2. The molecule has 3 aliphatic heterocycles. The van der Waals surface area contributed by atoms with Gasteiger partial charge in [0, 0.05) is 49.3 Å². The predicted octanol–water partition coefficient (Wildman–Crippen LogP) is 5.35. The number of allylic oxidation sites excluding steroid dienone is 2. The number of carbonyl (C=O) groups is 1. The first-order valence-corrected chi connectivity index (χ1v) is 17.1. The highest BCUT2D eigenvalue weighted by atomic mass is 31.1. The van der Waals surface area contributed by atoms with Gasteiger partial charge in [-0.05, 0) is 52.1 Å². The molecule has 3 heterocycles. The van der Waals surface area contributed by atoms with Crippen LogP contribution in [-0.2, 0) is 45.3 Å². The van der Waals surface area contributed by atoms with E-state index in [1.807, 2.05) is 42.3 Å². The number of benzene rings is 2. The van der Waals surface area contributed by atoms with Crippen molar-refractivity contribution in [2.45, 2.75) is 63.9 Å². The zero-order valence-corrected chi connectivity index (χ0v) is 28.4. The molecule has 254 valence electrons. The van der Waals surface area contributed by atoms with E-state index in [1.54, 1.807) is 19.9 Å². The zero-order chi connectivity index (χ0) is 33.4. The van der Waals surface area contributed by atoms with Crippen molar-refractivity contribution < 1.29 is 38.1 Å². The molecule has 4 atom stereocenters. The average molecular weight is 670 g/mol. The first kappa shape index (κ1) is 34.9. The Morgan fingerprint density at radius 1 is 1.04 bits per heavy atom. The van der Waals surface area contributed by atoms with Crippen molar-refractivity contribution in [2.24, 2.45) is 0 Å². The lowest BCUT2D eigenvalue weighted by Gasteiger charge is -2.44. The number of hydroxylamine groups is 2. The maximum absolute atomic E-state index is 14.4. The van der Waals surface area contributed by atoms with E-state index in [-0.39, 0.29) is 48.6 Å². The second kappa shape index (κ2) is 16.1. The van der Waals surface area contributed by atoms with E-state index in [0.29, 0.717) is 43.3 Å². The first-order chi connectivity index (χ1) is 22.7. The summed E-state index contributed by atoms with van der Waals surface area (Å²) in [7, 11) is 0.234. The molecule has 4 unspecified atom stereocenters. The van der Waals surface area contributed by atoms with E-state index in [9.17, 15) is 19.5 Å². The number of esters is 1. The summed E-state index contributed by atoms with van der Waals surface area (Å²) in [5, 5.41) is 13.7. The maximum Gasteiger partial charge on any atom is 0.339 e. The summed E-state index contributed by atoms with van der Waals surface area (Å²) < 4.78 is 37.6. The lowest BCUT2D eigenvalue weighted by molar-refractivity contribution is -0.385. The van der Waals surface area contributed by atoms with E-state index in [0.717, 1.165) is 31.2 Å². The number of nitro groups is 1. The number of ether oxygens (including phenoxy) is 4. The highest BCUT2D eigenvalue weighted by molar-refractivity contribution is 7.29.